The molecule has 0 aliphatic carbocycles. The average Bonchev–Trinajstić information content (AvgIpc) is 2.42. The fourth-order valence-electron chi connectivity index (χ4n) is 2.01. The molecule has 0 bridgehead atoms. The van der Waals surface area contributed by atoms with E-state index in [-0.39, 0.29) is 11.9 Å². The van der Waals surface area contributed by atoms with E-state index in [1.807, 2.05) is 37.4 Å². The zero-order valence-electron chi connectivity index (χ0n) is 10.5. The highest BCUT2D eigenvalue weighted by Crippen LogP contribution is 2.25. The van der Waals surface area contributed by atoms with Crippen molar-refractivity contribution in [3.05, 3.63) is 65.5 Å². The Kier molecular flexibility index (Phi) is 3.95. The fraction of sp³-hybridized carbons (Fsp3) is 0.200. The van der Waals surface area contributed by atoms with Gasteiger partial charge in [-0.25, -0.2) is 4.39 Å². The Morgan fingerprint density at radius 3 is 2.28 bits per heavy atom. The van der Waals surface area contributed by atoms with Crippen molar-refractivity contribution in [1.29, 1.82) is 0 Å². The number of methoxy groups -OCH3 is 1. The summed E-state index contributed by atoms with van der Waals surface area (Å²) in [5, 5.41) is 3.13. The lowest BCUT2D eigenvalue weighted by Gasteiger charge is -2.18. The third kappa shape index (κ3) is 2.51. The molecule has 2 aromatic carbocycles. The zero-order chi connectivity index (χ0) is 13.0. The molecule has 1 N–H and O–H groups in total. The first kappa shape index (κ1) is 12.6. The first-order chi connectivity index (χ1) is 8.76. The molecule has 0 radical (unpaired) electrons. The van der Waals surface area contributed by atoms with Crippen molar-refractivity contribution in [1.82, 2.24) is 5.32 Å². The van der Waals surface area contributed by atoms with Crippen molar-refractivity contribution in [3.63, 3.8) is 0 Å². The minimum absolute atomic E-state index is 0.155. The third-order valence-electron chi connectivity index (χ3n) is 2.95. The highest BCUT2D eigenvalue weighted by molar-refractivity contribution is 5.35. The highest BCUT2D eigenvalue weighted by atomic mass is 19.1. The van der Waals surface area contributed by atoms with E-state index in [1.165, 1.54) is 6.07 Å². The molecule has 0 heterocycles. The second-order valence-corrected chi connectivity index (χ2v) is 4.02. The molecular weight excluding hydrogens is 229 g/mol. The van der Waals surface area contributed by atoms with Gasteiger partial charge in [0.05, 0.1) is 13.2 Å². The Morgan fingerprint density at radius 1 is 1.06 bits per heavy atom. The molecule has 0 aromatic heterocycles. The van der Waals surface area contributed by atoms with E-state index in [0.29, 0.717) is 5.56 Å². The van der Waals surface area contributed by atoms with E-state index in [9.17, 15) is 4.39 Å². The zero-order valence-corrected chi connectivity index (χ0v) is 10.5. The summed E-state index contributed by atoms with van der Waals surface area (Å²) in [4.78, 5) is 0. The lowest BCUT2D eigenvalue weighted by Crippen LogP contribution is -2.18. The van der Waals surface area contributed by atoms with Crippen molar-refractivity contribution in [3.8, 4) is 5.75 Å². The largest absolute Gasteiger partial charge is 0.497 e. The van der Waals surface area contributed by atoms with Crippen LogP contribution in [0, 0.1) is 5.82 Å². The Hall–Kier alpha value is -1.87. The van der Waals surface area contributed by atoms with Gasteiger partial charge in [0.25, 0.3) is 0 Å². The third-order valence-corrected chi connectivity index (χ3v) is 2.95. The molecule has 0 aliphatic rings. The van der Waals surface area contributed by atoms with Crippen LogP contribution >= 0.6 is 0 Å². The SMILES string of the molecule is CNC(c1ccc(OC)cc1)c1ccccc1F. The van der Waals surface area contributed by atoms with Crippen LogP contribution in [0.2, 0.25) is 0 Å². The molecule has 0 spiro atoms. The molecule has 2 nitrogen and oxygen atoms in total. The lowest BCUT2D eigenvalue weighted by molar-refractivity contribution is 0.414. The fourth-order valence-corrected chi connectivity index (χ4v) is 2.01. The van der Waals surface area contributed by atoms with Crippen LogP contribution < -0.4 is 10.1 Å². The monoisotopic (exact) mass is 245 g/mol. The van der Waals surface area contributed by atoms with Gasteiger partial charge in [-0.3, -0.25) is 0 Å². The van der Waals surface area contributed by atoms with Crippen LogP contribution in [0.1, 0.15) is 17.2 Å². The molecule has 2 rings (SSSR count). The predicted octanol–water partition coefficient (Wildman–Crippen LogP) is 3.14. The summed E-state index contributed by atoms with van der Waals surface area (Å²) in [5.74, 6) is 0.592. The number of benzene rings is 2. The van der Waals surface area contributed by atoms with Gasteiger partial charge in [0.2, 0.25) is 0 Å². The van der Waals surface area contributed by atoms with E-state index in [2.05, 4.69) is 5.32 Å². The topological polar surface area (TPSA) is 21.3 Å². The minimum Gasteiger partial charge on any atom is -0.497 e. The van der Waals surface area contributed by atoms with Gasteiger partial charge in [0.15, 0.2) is 0 Å². The van der Waals surface area contributed by atoms with E-state index in [0.717, 1.165) is 11.3 Å². The van der Waals surface area contributed by atoms with Gasteiger partial charge in [0, 0.05) is 5.56 Å². The molecule has 94 valence electrons. The van der Waals surface area contributed by atoms with Crippen LogP contribution in [-0.2, 0) is 0 Å². The Morgan fingerprint density at radius 2 is 1.72 bits per heavy atom. The molecule has 18 heavy (non-hydrogen) atoms. The second-order valence-electron chi connectivity index (χ2n) is 4.02. The van der Waals surface area contributed by atoms with Gasteiger partial charge in [-0.1, -0.05) is 30.3 Å². The summed E-state index contributed by atoms with van der Waals surface area (Å²) in [5.41, 5.74) is 1.65. The van der Waals surface area contributed by atoms with Crippen LogP contribution in [0.15, 0.2) is 48.5 Å². The van der Waals surface area contributed by atoms with Gasteiger partial charge in [-0.05, 0) is 30.8 Å². The normalized spacial score (nSPS) is 12.2. The van der Waals surface area contributed by atoms with Crippen LogP contribution in [0.3, 0.4) is 0 Å². The molecule has 0 saturated heterocycles. The summed E-state index contributed by atoms with van der Waals surface area (Å²) < 4.78 is 18.9. The molecule has 3 heteroatoms. The van der Waals surface area contributed by atoms with Gasteiger partial charge < -0.3 is 10.1 Å². The number of hydrogen-bond donors (Lipinski definition) is 1. The van der Waals surface area contributed by atoms with Crippen LogP contribution in [0.25, 0.3) is 0 Å². The van der Waals surface area contributed by atoms with Gasteiger partial charge >= 0.3 is 0 Å². The summed E-state index contributed by atoms with van der Waals surface area (Å²) >= 11 is 0. The molecule has 0 fully saturated rings. The lowest BCUT2D eigenvalue weighted by atomic mass is 9.98. The van der Waals surface area contributed by atoms with E-state index in [4.69, 9.17) is 4.74 Å². The number of ether oxygens (including phenoxy) is 1. The van der Waals surface area contributed by atoms with Crippen molar-refractivity contribution >= 4 is 0 Å². The molecule has 0 saturated carbocycles. The Labute approximate surface area is 106 Å². The number of rotatable bonds is 4. The van der Waals surface area contributed by atoms with Gasteiger partial charge in [-0.2, -0.15) is 0 Å². The maximum Gasteiger partial charge on any atom is 0.128 e. The van der Waals surface area contributed by atoms with E-state index >= 15 is 0 Å². The van der Waals surface area contributed by atoms with Crippen molar-refractivity contribution in [2.75, 3.05) is 14.2 Å². The first-order valence-electron chi connectivity index (χ1n) is 5.82. The molecule has 0 amide bonds. The van der Waals surface area contributed by atoms with Crippen molar-refractivity contribution in [2.45, 2.75) is 6.04 Å². The van der Waals surface area contributed by atoms with E-state index < -0.39 is 0 Å². The molecule has 0 aliphatic heterocycles. The first-order valence-corrected chi connectivity index (χ1v) is 5.82. The summed E-state index contributed by atoms with van der Waals surface area (Å²) in [6, 6.07) is 14.3. The van der Waals surface area contributed by atoms with Crippen LogP contribution in [0.4, 0.5) is 4.39 Å². The highest BCUT2D eigenvalue weighted by Gasteiger charge is 2.15. The predicted molar refractivity (Wildman–Crippen MR) is 70.3 cm³/mol. The summed E-state index contributed by atoms with van der Waals surface area (Å²) in [6.45, 7) is 0. The summed E-state index contributed by atoms with van der Waals surface area (Å²) in [7, 11) is 3.45. The number of halogens is 1. The van der Waals surface area contributed by atoms with Crippen molar-refractivity contribution < 1.29 is 9.13 Å². The molecule has 2 aromatic rings. The second kappa shape index (κ2) is 5.65. The standard InChI is InChI=1S/C15H16FNO/c1-17-15(13-5-3-4-6-14(13)16)11-7-9-12(18-2)10-8-11/h3-10,15,17H,1-2H3. The number of hydrogen-bond acceptors (Lipinski definition) is 2. The minimum atomic E-state index is -0.201. The number of nitrogens with one attached hydrogen (secondary N) is 1. The smallest absolute Gasteiger partial charge is 0.128 e. The van der Waals surface area contributed by atoms with Crippen LogP contribution in [0.5, 0.6) is 5.75 Å². The van der Waals surface area contributed by atoms with Gasteiger partial charge in [-0.15, -0.1) is 0 Å². The van der Waals surface area contributed by atoms with Crippen LogP contribution in [-0.4, -0.2) is 14.2 Å². The molecule has 1 unspecified atom stereocenters. The van der Waals surface area contributed by atoms with E-state index in [1.54, 1.807) is 19.2 Å². The maximum absolute atomic E-state index is 13.8. The van der Waals surface area contributed by atoms with Crippen molar-refractivity contribution in [2.24, 2.45) is 0 Å². The van der Waals surface area contributed by atoms with Gasteiger partial charge in [0.1, 0.15) is 11.6 Å². The Bertz CT molecular complexity index is 510. The maximum atomic E-state index is 13.8. The molecular formula is C15H16FNO. The summed E-state index contributed by atoms with van der Waals surface area (Å²) in [6.07, 6.45) is 0. The Balaban J connectivity index is 2.36. The quantitative estimate of drug-likeness (QED) is 0.893. The average molecular weight is 245 g/mol. The molecule has 1 atom stereocenters.